The Morgan fingerprint density at radius 2 is 1.65 bits per heavy atom. The zero-order valence-corrected chi connectivity index (χ0v) is 11.3. The maximum Gasteiger partial charge on any atom is 0.236 e. The second kappa shape index (κ2) is 5.37. The average Bonchev–Trinajstić information content (AvgIpc) is 3.11. The highest BCUT2D eigenvalue weighted by molar-refractivity contribution is 6.06. The highest BCUT2D eigenvalue weighted by Gasteiger charge is 2.60. The van der Waals surface area contributed by atoms with Gasteiger partial charge < -0.3 is 4.74 Å². The van der Waals surface area contributed by atoms with Crippen LogP contribution in [0.5, 0.6) is 0 Å². The number of carbonyl (C=O) groups is 2. The van der Waals surface area contributed by atoms with Crippen molar-refractivity contribution in [1.82, 2.24) is 4.90 Å². The SMILES string of the molecule is N#CCCCCCCN1C(=O)[C@@H]2[C@H](C1=O)[C@H]1C=C[C@@H]2O1. The van der Waals surface area contributed by atoms with Crippen molar-refractivity contribution in [3.05, 3.63) is 12.2 Å². The van der Waals surface area contributed by atoms with Gasteiger partial charge in [-0.25, -0.2) is 0 Å². The minimum atomic E-state index is -0.281. The van der Waals surface area contributed by atoms with E-state index >= 15 is 0 Å². The van der Waals surface area contributed by atoms with E-state index in [0.717, 1.165) is 25.7 Å². The van der Waals surface area contributed by atoms with Crippen molar-refractivity contribution >= 4 is 11.8 Å². The van der Waals surface area contributed by atoms with Crippen LogP contribution in [0.15, 0.2) is 12.2 Å². The van der Waals surface area contributed by atoms with Gasteiger partial charge in [-0.05, 0) is 12.8 Å². The first-order valence-corrected chi connectivity index (χ1v) is 7.30. The Morgan fingerprint density at radius 1 is 1.05 bits per heavy atom. The molecule has 0 aromatic heterocycles. The van der Waals surface area contributed by atoms with E-state index in [2.05, 4.69) is 6.07 Å². The fraction of sp³-hybridized carbons (Fsp3) is 0.667. The molecule has 20 heavy (non-hydrogen) atoms. The molecule has 0 saturated carbocycles. The van der Waals surface area contributed by atoms with Gasteiger partial charge in [-0.1, -0.05) is 25.0 Å². The summed E-state index contributed by atoms with van der Waals surface area (Å²) in [6, 6.07) is 2.12. The summed E-state index contributed by atoms with van der Waals surface area (Å²) >= 11 is 0. The van der Waals surface area contributed by atoms with Crippen LogP contribution < -0.4 is 0 Å². The van der Waals surface area contributed by atoms with Crippen LogP contribution in [0.2, 0.25) is 0 Å². The van der Waals surface area contributed by atoms with Crippen LogP contribution in [-0.2, 0) is 14.3 Å². The van der Waals surface area contributed by atoms with Gasteiger partial charge in [-0.15, -0.1) is 0 Å². The van der Waals surface area contributed by atoms with Crippen molar-refractivity contribution in [2.24, 2.45) is 11.8 Å². The third-order valence-corrected chi connectivity index (χ3v) is 4.42. The van der Waals surface area contributed by atoms with Crippen LogP contribution >= 0.6 is 0 Å². The van der Waals surface area contributed by atoms with Gasteiger partial charge in [-0.3, -0.25) is 14.5 Å². The van der Waals surface area contributed by atoms with E-state index in [1.54, 1.807) is 0 Å². The Labute approximate surface area is 118 Å². The van der Waals surface area contributed by atoms with E-state index < -0.39 is 0 Å². The molecule has 0 unspecified atom stereocenters. The lowest BCUT2D eigenvalue weighted by molar-refractivity contribution is -0.142. The van der Waals surface area contributed by atoms with Crippen LogP contribution in [-0.4, -0.2) is 35.5 Å². The van der Waals surface area contributed by atoms with Crippen molar-refractivity contribution in [2.45, 2.75) is 44.3 Å². The number of imide groups is 1. The van der Waals surface area contributed by atoms with Gasteiger partial charge in [0.05, 0.1) is 30.1 Å². The summed E-state index contributed by atoms with van der Waals surface area (Å²) in [6.45, 7) is 0.511. The number of amides is 2. The molecule has 0 radical (unpaired) electrons. The van der Waals surface area contributed by atoms with Crippen LogP contribution in [0.25, 0.3) is 0 Å². The van der Waals surface area contributed by atoms with Crippen molar-refractivity contribution < 1.29 is 14.3 Å². The molecule has 4 atom stereocenters. The molecule has 0 N–H and O–H groups in total. The second-order valence-electron chi connectivity index (χ2n) is 5.65. The number of nitriles is 1. The molecule has 3 rings (SSSR count). The first-order valence-electron chi connectivity index (χ1n) is 7.30. The number of rotatable bonds is 6. The minimum Gasteiger partial charge on any atom is -0.365 e. The number of carbonyl (C=O) groups excluding carboxylic acids is 2. The van der Waals surface area contributed by atoms with Gasteiger partial charge in [0.15, 0.2) is 0 Å². The van der Waals surface area contributed by atoms with Crippen LogP contribution in [0, 0.1) is 23.2 Å². The lowest BCUT2D eigenvalue weighted by Gasteiger charge is -2.17. The molecule has 2 saturated heterocycles. The minimum absolute atomic E-state index is 0.0612. The first kappa shape index (κ1) is 13.3. The number of fused-ring (bicyclic) bond motifs is 5. The third-order valence-electron chi connectivity index (χ3n) is 4.42. The Hall–Kier alpha value is -1.67. The lowest BCUT2D eigenvalue weighted by Crippen LogP contribution is -2.35. The summed E-state index contributed by atoms with van der Waals surface area (Å²) < 4.78 is 5.59. The molecule has 106 valence electrons. The van der Waals surface area contributed by atoms with E-state index in [-0.39, 0.29) is 35.9 Å². The summed E-state index contributed by atoms with van der Waals surface area (Å²) in [5, 5.41) is 8.45. The number of ether oxygens (including phenoxy) is 1. The van der Waals surface area contributed by atoms with Gasteiger partial charge in [0.25, 0.3) is 0 Å². The molecule has 0 aliphatic carbocycles. The molecule has 5 nitrogen and oxygen atoms in total. The van der Waals surface area contributed by atoms with Crippen molar-refractivity contribution in [3.8, 4) is 6.07 Å². The van der Waals surface area contributed by atoms with Crippen molar-refractivity contribution in [3.63, 3.8) is 0 Å². The van der Waals surface area contributed by atoms with E-state index in [1.165, 1.54) is 4.90 Å². The van der Waals surface area contributed by atoms with E-state index in [4.69, 9.17) is 10.00 Å². The van der Waals surface area contributed by atoms with E-state index in [1.807, 2.05) is 12.2 Å². The Bertz CT molecular complexity index is 464. The second-order valence-corrected chi connectivity index (χ2v) is 5.65. The fourth-order valence-electron chi connectivity index (χ4n) is 3.41. The highest BCUT2D eigenvalue weighted by atomic mass is 16.5. The van der Waals surface area contributed by atoms with Crippen molar-refractivity contribution in [2.75, 3.05) is 6.54 Å². The molecule has 3 aliphatic heterocycles. The Kier molecular flexibility index (Phi) is 3.58. The van der Waals surface area contributed by atoms with Crippen molar-refractivity contribution in [1.29, 1.82) is 5.26 Å². The fourth-order valence-corrected chi connectivity index (χ4v) is 3.41. The average molecular weight is 274 g/mol. The molecule has 0 spiro atoms. The molecular weight excluding hydrogens is 256 g/mol. The molecule has 0 aromatic carbocycles. The molecule has 3 aliphatic rings. The molecule has 2 fully saturated rings. The predicted molar refractivity (Wildman–Crippen MR) is 70.2 cm³/mol. The Balaban J connectivity index is 1.51. The maximum atomic E-state index is 12.3. The molecule has 3 heterocycles. The third kappa shape index (κ3) is 2.04. The summed E-state index contributed by atoms with van der Waals surface area (Å²) in [5.41, 5.74) is 0. The molecule has 0 aromatic rings. The lowest BCUT2D eigenvalue weighted by atomic mass is 9.85. The smallest absolute Gasteiger partial charge is 0.236 e. The van der Waals surface area contributed by atoms with E-state index in [9.17, 15) is 9.59 Å². The monoisotopic (exact) mass is 274 g/mol. The van der Waals surface area contributed by atoms with Gasteiger partial charge in [0, 0.05) is 13.0 Å². The van der Waals surface area contributed by atoms with Gasteiger partial charge in [0.2, 0.25) is 11.8 Å². The molecule has 2 amide bonds. The summed E-state index contributed by atoms with van der Waals surface area (Å²) in [4.78, 5) is 26.0. The number of hydrogen-bond donors (Lipinski definition) is 0. The van der Waals surface area contributed by atoms with Gasteiger partial charge in [-0.2, -0.15) is 5.26 Å². The predicted octanol–water partition coefficient (Wildman–Crippen LogP) is 1.40. The number of hydrogen-bond acceptors (Lipinski definition) is 4. The van der Waals surface area contributed by atoms with Gasteiger partial charge >= 0.3 is 0 Å². The highest BCUT2D eigenvalue weighted by Crippen LogP contribution is 2.45. The number of likely N-dealkylation sites (tertiary alicyclic amines) is 1. The number of nitrogens with zero attached hydrogens (tertiary/aromatic N) is 2. The van der Waals surface area contributed by atoms with Crippen LogP contribution in [0.3, 0.4) is 0 Å². The number of unbranched alkanes of at least 4 members (excludes halogenated alkanes) is 4. The zero-order chi connectivity index (χ0) is 14.1. The van der Waals surface area contributed by atoms with Crippen LogP contribution in [0.4, 0.5) is 0 Å². The summed E-state index contributed by atoms with van der Waals surface area (Å²) in [5.74, 6) is -0.685. The molecule has 5 heteroatoms. The van der Waals surface area contributed by atoms with Gasteiger partial charge in [0.1, 0.15) is 0 Å². The summed E-state index contributed by atoms with van der Waals surface area (Å²) in [6.07, 6.45) is 7.66. The standard InChI is InChI=1S/C15H18N2O3/c16-8-4-2-1-3-5-9-17-14(18)12-10-6-7-11(20-10)13(12)15(17)19/h6-7,10-13H,1-5,9H2/t10-,11+,12-,13+. The summed E-state index contributed by atoms with van der Waals surface area (Å²) in [7, 11) is 0. The quantitative estimate of drug-likeness (QED) is 0.417. The molecule has 2 bridgehead atoms. The molecular formula is C15H18N2O3. The first-order chi connectivity index (χ1) is 9.74. The maximum absolute atomic E-state index is 12.3. The van der Waals surface area contributed by atoms with E-state index in [0.29, 0.717) is 13.0 Å². The topological polar surface area (TPSA) is 70.4 Å². The normalized spacial score (nSPS) is 33.9. The van der Waals surface area contributed by atoms with Crippen LogP contribution in [0.1, 0.15) is 32.1 Å². The Morgan fingerprint density at radius 3 is 2.25 bits per heavy atom. The largest absolute Gasteiger partial charge is 0.365 e. The zero-order valence-electron chi connectivity index (χ0n) is 11.3.